The second kappa shape index (κ2) is 6.75. The van der Waals surface area contributed by atoms with Crippen molar-refractivity contribution >= 4 is 0 Å². The van der Waals surface area contributed by atoms with Crippen molar-refractivity contribution in [2.45, 2.75) is 71.8 Å². The minimum absolute atomic E-state index is 0.786. The molecule has 1 saturated carbocycles. The summed E-state index contributed by atoms with van der Waals surface area (Å²) in [5.74, 6) is 2.54. The molecule has 0 spiro atoms. The topological polar surface area (TPSA) is 12.0 Å². The summed E-state index contributed by atoms with van der Waals surface area (Å²) in [6, 6.07) is 0.786. The molecule has 0 radical (unpaired) electrons. The first-order valence-corrected chi connectivity index (χ1v) is 8.06. The van der Waals surface area contributed by atoms with E-state index in [9.17, 15) is 0 Å². The number of nitrogens with one attached hydrogen (secondary N) is 1. The van der Waals surface area contributed by atoms with Gasteiger partial charge in [-0.3, -0.25) is 0 Å². The monoisotopic (exact) mass is 249 g/mol. The van der Waals surface area contributed by atoms with Gasteiger partial charge in [0.25, 0.3) is 0 Å². The van der Waals surface area contributed by atoms with Crippen molar-refractivity contribution in [2.24, 2.45) is 17.8 Å². The molecule has 1 N–H and O–H groups in total. The van der Waals surface area contributed by atoms with Gasteiger partial charge in [-0.25, -0.2) is 0 Å². The number of hydrogen-bond acceptors (Lipinski definition) is 1. The third-order valence-electron chi connectivity index (χ3n) is 4.92. The van der Waals surface area contributed by atoms with E-state index in [1.807, 2.05) is 0 Å². The Morgan fingerprint density at radius 2 is 1.94 bits per heavy atom. The molecule has 1 fully saturated rings. The Morgan fingerprint density at radius 3 is 2.72 bits per heavy atom. The van der Waals surface area contributed by atoms with Crippen LogP contribution in [0.25, 0.3) is 0 Å². The van der Waals surface area contributed by atoms with Crippen LogP contribution in [0.1, 0.15) is 65.7 Å². The Bertz CT molecular complexity index is 281. The van der Waals surface area contributed by atoms with Crippen LogP contribution in [-0.2, 0) is 0 Å². The zero-order chi connectivity index (χ0) is 13.0. The van der Waals surface area contributed by atoms with Gasteiger partial charge in [0.05, 0.1) is 0 Å². The molecule has 0 saturated heterocycles. The highest BCUT2D eigenvalue weighted by atomic mass is 14.9. The lowest BCUT2D eigenvalue weighted by atomic mass is 9.83. The van der Waals surface area contributed by atoms with Crippen LogP contribution in [0.2, 0.25) is 0 Å². The Hall–Kier alpha value is -0.300. The average molecular weight is 249 g/mol. The second-order valence-corrected chi connectivity index (χ2v) is 6.93. The summed E-state index contributed by atoms with van der Waals surface area (Å²) in [4.78, 5) is 0. The van der Waals surface area contributed by atoms with Gasteiger partial charge >= 0.3 is 0 Å². The minimum Gasteiger partial charge on any atom is -0.313 e. The Morgan fingerprint density at radius 1 is 1.17 bits per heavy atom. The van der Waals surface area contributed by atoms with Crippen molar-refractivity contribution in [3.63, 3.8) is 0 Å². The molecule has 1 nitrogen and oxygen atoms in total. The molecule has 0 aromatic heterocycles. The molecule has 18 heavy (non-hydrogen) atoms. The molecule has 1 heteroatoms. The van der Waals surface area contributed by atoms with Crippen LogP contribution >= 0.6 is 0 Å². The SMILES string of the molecule is CC1=CC(C)CC(CNC2CCCCCC2C)C1. The van der Waals surface area contributed by atoms with Gasteiger partial charge in [0, 0.05) is 6.04 Å². The van der Waals surface area contributed by atoms with Gasteiger partial charge in [-0.1, -0.05) is 44.8 Å². The van der Waals surface area contributed by atoms with E-state index in [0.717, 1.165) is 23.8 Å². The average Bonchev–Trinajstić information content (AvgIpc) is 2.50. The van der Waals surface area contributed by atoms with E-state index < -0.39 is 0 Å². The lowest BCUT2D eigenvalue weighted by Crippen LogP contribution is -2.38. The number of hydrogen-bond donors (Lipinski definition) is 1. The van der Waals surface area contributed by atoms with E-state index in [-0.39, 0.29) is 0 Å². The van der Waals surface area contributed by atoms with Crippen molar-refractivity contribution in [1.82, 2.24) is 5.32 Å². The molecule has 0 amide bonds. The molecule has 4 atom stereocenters. The van der Waals surface area contributed by atoms with Crippen LogP contribution in [0, 0.1) is 17.8 Å². The third kappa shape index (κ3) is 4.12. The highest BCUT2D eigenvalue weighted by Gasteiger charge is 2.22. The Labute approximate surface area is 113 Å². The summed E-state index contributed by atoms with van der Waals surface area (Å²) in [6.07, 6.45) is 12.3. The van der Waals surface area contributed by atoms with Crippen LogP contribution in [0.4, 0.5) is 0 Å². The van der Waals surface area contributed by atoms with Crippen LogP contribution in [0.3, 0.4) is 0 Å². The van der Waals surface area contributed by atoms with Gasteiger partial charge in [-0.05, 0) is 56.9 Å². The summed E-state index contributed by atoms with van der Waals surface area (Å²) >= 11 is 0. The molecule has 4 unspecified atom stereocenters. The van der Waals surface area contributed by atoms with Gasteiger partial charge in [0.1, 0.15) is 0 Å². The Kier molecular flexibility index (Phi) is 5.29. The van der Waals surface area contributed by atoms with Gasteiger partial charge < -0.3 is 5.32 Å². The van der Waals surface area contributed by atoms with Crippen molar-refractivity contribution in [3.05, 3.63) is 11.6 Å². The minimum atomic E-state index is 0.786. The Balaban J connectivity index is 1.78. The highest BCUT2D eigenvalue weighted by Crippen LogP contribution is 2.28. The summed E-state index contributed by atoms with van der Waals surface area (Å²) in [5, 5.41) is 3.89. The summed E-state index contributed by atoms with van der Waals surface area (Å²) < 4.78 is 0. The van der Waals surface area contributed by atoms with E-state index in [0.29, 0.717) is 0 Å². The van der Waals surface area contributed by atoms with Crippen LogP contribution < -0.4 is 5.32 Å². The van der Waals surface area contributed by atoms with Crippen molar-refractivity contribution < 1.29 is 0 Å². The van der Waals surface area contributed by atoms with E-state index >= 15 is 0 Å². The first-order valence-electron chi connectivity index (χ1n) is 8.06. The molecule has 104 valence electrons. The lowest BCUT2D eigenvalue weighted by molar-refractivity contribution is 0.307. The normalized spacial score (nSPS) is 38.1. The molecule has 0 bridgehead atoms. The maximum absolute atomic E-state index is 3.89. The fourth-order valence-corrected chi connectivity index (χ4v) is 3.96. The van der Waals surface area contributed by atoms with E-state index in [1.165, 1.54) is 51.5 Å². The van der Waals surface area contributed by atoms with Gasteiger partial charge in [-0.15, -0.1) is 0 Å². The fraction of sp³-hybridized carbons (Fsp3) is 0.882. The lowest BCUT2D eigenvalue weighted by Gasteiger charge is -2.29. The second-order valence-electron chi connectivity index (χ2n) is 6.93. The van der Waals surface area contributed by atoms with Crippen LogP contribution in [-0.4, -0.2) is 12.6 Å². The van der Waals surface area contributed by atoms with Crippen LogP contribution in [0.15, 0.2) is 11.6 Å². The standard InChI is InChI=1S/C17H31N/c1-13-9-14(2)11-16(10-13)12-18-17-8-6-4-5-7-15(17)3/h9,13,15-18H,4-8,10-12H2,1-3H3. The predicted molar refractivity (Wildman–Crippen MR) is 79.7 cm³/mol. The van der Waals surface area contributed by atoms with Crippen molar-refractivity contribution in [3.8, 4) is 0 Å². The largest absolute Gasteiger partial charge is 0.313 e. The van der Waals surface area contributed by atoms with Gasteiger partial charge in [0.2, 0.25) is 0 Å². The van der Waals surface area contributed by atoms with E-state index in [4.69, 9.17) is 0 Å². The highest BCUT2D eigenvalue weighted by molar-refractivity contribution is 5.06. The molecule has 0 aliphatic heterocycles. The fourth-order valence-electron chi connectivity index (χ4n) is 3.96. The summed E-state index contributed by atoms with van der Waals surface area (Å²) in [5.41, 5.74) is 1.61. The summed E-state index contributed by atoms with van der Waals surface area (Å²) in [7, 11) is 0. The maximum Gasteiger partial charge on any atom is 0.00928 e. The third-order valence-corrected chi connectivity index (χ3v) is 4.92. The molecule has 0 aromatic carbocycles. The smallest absolute Gasteiger partial charge is 0.00928 e. The molecule has 2 aliphatic rings. The van der Waals surface area contributed by atoms with Gasteiger partial charge in [-0.2, -0.15) is 0 Å². The number of rotatable bonds is 3. The van der Waals surface area contributed by atoms with Crippen molar-refractivity contribution in [2.75, 3.05) is 6.54 Å². The molecular weight excluding hydrogens is 218 g/mol. The zero-order valence-electron chi connectivity index (χ0n) is 12.5. The predicted octanol–water partition coefficient (Wildman–Crippen LogP) is 4.54. The molecule has 2 aliphatic carbocycles. The number of allylic oxidation sites excluding steroid dienone is 2. The molecular formula is C17H31N. The van der Waals surface area contributed by atoms with Gasteiger partial charge in [0.15, 0.2) is 0 Å². The first-order chi connectivity index (χ1) is 8.65. The zero-order valence-corrected chi connectivity index (χ0v) is 12.5. The molecule has 2 rings (SSSR count). The molecule has 0 aromatic rings. The van der Waals surface area contributed by atoms with Crippen LogP contribution in [0.5, 0.6) is 0 Å². The summed E-state index contributed by atoms with van der Waals surface area (Å²) in [6.45, 7) is 8.35. The van der Waals surface area contributed by atoms with E-state index in [2.05, 4.69) is 32.2 Å². The van der Waals surface area contributed by atoms with Crippen molar-refractivity contribution in [1.29, 1.82) is 0 Å². The quantitative estimate of drug-likeness (QED) is 0.572. The maximum atomic E-state index is 3.89. The first kappa shape index (κ1) is 14.1. The van der Waals surface area contributed by atoms with E-state index in [1.54, 1.807) is 5.57 Å². The molecule has 0 heterocycles.